The Morgan fingerprint density at radius 3 is 0.881 bits per heavy atom. The Labute approximate surface area is 681 Å². The maximum absolute atomic E-state index is 12.4. The molecule has 8 heterocycles. The first-order valence-corrected chi connectivity index (χ1v) is 40.6. The first kappa shape index (κ1) is 82.8. The van der Waals surface area contributed by atoms with Crippen molar-refractivity contribution in [2.45, 2.75) is 192 Å². The van der Waals surface area contributed by atoms with Crippen molar-refractivity contribution >= 4 is 44.1 Å². The number of aromatic nitrogens is 16. The van der Waals surface area contributed by atoms with E-state index < -0.39 is 45.0 Å². The van der Waals surface area contributed by atoms with Crippen molar-refractivity contribution in [3.05, 3.63) is 319 Å². The molecule has 8 aromatic carbocycles. The normalized spacial score (nSPS) is 11.6. The Morgan fingerprint density at radius 2 is 0.585 bits per heavy atom. The standard InChI is InChI=1S/C25H28N4O2.3C23H24N4O2/c1-15(2)12-19-14-21-20(13-17(19)4)26-22-23(27-25(31)28-24(22)30)29(21)11-5-6-18-9-7-16(3)8-10-18;2*1-14(2)17-10-11-19-18(13-17)24-20-21(25-23(29)26-22(20)28)27(19)12-4-5-16-8-6-15(3)7-9-16;1-4-17-13-18-19(12-15(17)3)27(11-5-6-16-9-7-14(2)8-10-16)21-20(24-18)22(28)26-23(29)25-21/h7-10,13-15H,5-6,11-12H2,1-4H3,(H,28,30,31);2*6-11,13-14H,4-5,12H2,1-3H3,(H,26,28,29);7-10,12-13H,4-6,11H2,1-3H3,(H,26,28,29). The second kappa shape index (κ2) is 36.4. The van der Waals surface area contributed by atoms with Gasteiger partial charge in [-0.05, 0) is 228 Å². The summed E-state index contributed by atoms with van der Waals surface area (Å²) < 4.78 is 7.86. The average molecular weight is 1580 g/mol. The number of rotatable bonds is 21. The maximum atomic E-state index is 12.4. The van der Waals surface area contributed by atoms with Crippen LogP contribution in [0.5, 0.6) is 0 Å². The fourth-order valence-electron chi connectivity index (χ4n) is 15.1. The van der Waals surface area contributed by atoms with Gasteiger partial charge in [-0.1, -0.05) is 180 Å². The molecule has 0 unspecified atom stereocenters. The molecule has 8 aliphatic rings. The van der Waals surface area contributed by atoms with Crippen molar-refractivity contribution in [2.24, 2.45) is 5.92 Å². The first-order chi connectivity index (χ1) is 56.6. The molecule has 0 saturated carbocycles. The summed E-state index contributed by atoms with van der Waals surface area (Å²) in [6.45, 7) is 30.0. The molecule has 604 valence electrons. The first-order valence-electron chi connectivity index (χ1n) is 40.6. The van der Waals surface area contributed by atoms with Crippen molar-refractivity contribution in [3.63, 3.8) is 0 Å². The molecule has 0 radical (unpaired) electrons. The molecule has 118 heavy (non-hydrogen) atoms. The Bertz CT molecular complexity index is 6510. The molecule has 4 N–H and O–H groups in total. The van der Waals surface area contributed by atoms with Crippen LogP contribution in [0.25, 0.3) is 90.2 Å². The monoisotopic (exact) mass is 1580 g/mol. The van der Waals surface area contributed by atoms with Gasteiger partial charge in [-0.25, -0.2) is 39.1 Å². The third kappa shape index (κ3) is 19.4. The molecule has 0 aromatic heterocycles. The minimum absolute atomic E-state index is 0.202. The van der Waals surface area contributed by atoms with Crippen LogP contribution in [0, 0.1) is 47.5 Å². The Balaban J connectivity index is 0.000000136. The largest absolute Gasteiger partial charge is 0.349 e. The molecule has 0 fully saturated rings. The lowest BCUT2D eigenvalue weighted by Gasteiger charge is -2.19. The molecule has 0 spiro atoms. The highest BCUT2D eigenvalue weighted by Gasteiger charge is 2.25. The predicted octanol–water partition coefficient (Wildman–Crippen LogP) is 14.7. The third-order valence-corrected chi connectivity index (χ3v) is 21.6. The number of nitrogens with one attached hydrogen (secondary N) is 4. The topological polar surface area (TPSA) is 323 Å². The summed E-state index contributed by atoms with van der Waals surface area (Å²) in [7, 11) is 0. The average Bonchev–Trinajstić information content (AvgIpc) is 0.771. The number of hydrogen-bond acceptors (Lipinski definition) is 16. The van der Waals surface area contributed by atoms with E-state index in [4.69, 9.17) is 0 Å². The van der Waals surface area contributed by atoms with Crippen LogP contribution < -0.4 is 45.0 Å². The summed E-state index contributed by atoms with van der Waals surface area (Å²) in [5, 5.41) is 0. The summed E-state index contributed by atoms with van der Waals surface area (Å²) in [4.78, 5) is 141. The Kier molecular flexibility index (Phi) is 25.5. The van der Waals surface area contributed by atoms with Gasteiger partial charge in [-0.15, -0.1) is 0 Å². The lowest BCUT2D eigenvalue weighted by Crippen LogP contribution is -2.29. The van der Waals surface area contributed by atoms with Crippen molar-refractivity contribution in [1.29, 1.82) is 0 Å². The molecule has 0 amide bonds. The van der Waals surface area contributed by atoms with Crippen LogP contribution >= 0.6 is 0 Å². The molecular formula is C94H100N16O8. The lowest BCUT2D eigenvalue weighted by molar-refractivity contribution is 0.639. The molecule has 8 aliphatic heterocycles. The summed E-state index contributed by atoms with van der Waals surface area (Å²) in [6.07, 6.45) is 8.88. The third-order valence-electron chi connectivity index (χ3n) is 21.6. The molecule has 0 bridgehead atoms. The van der Waals surface area contributed by atoms with Crippen LogP contribution in [0.15, 0.2) is 196 Å². The zero-order valence-corrected chi connectivity index (χ0v) is 69.3. The van der Waals surface area contributed by atoms with Crippen LogP contribution in [0.1, 0.15) is 164 Å². The van der Waals surface area contributed by atoms with E-state index in [2.05, 4.69) is 271 Å². The summed E-state index contributed by atoms with van der Waals surface area (Å²) in [6, 6.07) is 54.5. The van der Waals surface area contributed by atoms with Gasteiger partial charge >= 0.3 is 22.8 Å². The van der Waals surface area contributed by atoms with Gasteiger partial charge in [0.2, 0.25) is 0 Å². The minimum Gasteiger partial charge on any atom is -0.322 e. The SMILES string of the molecule is CCc1cc2nc3c(=O)[nH]c(=O)nc-3n(CCCc3ccc(C)cc3)c2cc1C.Cc1ccc(CCCn2c3nc(=O)[nH]c(=O)c-3nc3cc(C(C)C)ccc32)cc1.Cc1ccc(CCCn2c3nc(=O)[nH]c(=O)c-3nc3cc(C(C)C)ccc32)cc1.Cc1ccc(CCCn2c3nc(=O)[nH]c(=O)c-3nc3cc(C)c(CC(C)C)cc32)cc1. The summed E-state index contributed by atoms with van der Waals surface area (Å²) >= 11 is 0. The molecule has 0 aliphatic carbocycles. The number of nitrogens with zero attached hydrogens (tertiary/aromatic N) is 12. The van der Waals surface area contributed by atoms with Crippen LogP contribution in [0.3, 0.4) is 0 Å². The smallest absolute Gasteiger partial charge is 0.322 e. The van der Waals surface area contributed by atoms with Crippen LogP contribution in [-0.4, -0.2) is 78.1 Å². The maximum Gasteiger partial charge on any atom is 0.349 e. The van der Waals surface area contributed by atoms with E-state index >= 15 is 0 Å². The highest BCUT2D eigenvalue weighted by atomic mass is 16.2. The summed E-state index contributed by atoms with van der Waals surface area (Å²) in [5.41, 5.74) is 19.9. The fraction of sp³-hybridized carbons (Fsp3) is 0.319. The summed E-state index contributed by atoms with van der Waals surface area (Å²) in [5.74, 6) is 2.61. The predicted molar refractivity (Wildman–Crippen MR) is 468 cm³/mol. The van der Waals surface area contributed by atoms with Gasteiger partial charge in [0.1, 0.15) is 0 Å². The van der Waals surface area contributed by atoms with Crippen molar-refractivity contribution in [2.75, 3.05) is 0 Å². The Morgan fingerprint density at radius 1 is 0.305 bits per heavy atom. The van der Waals surface area contributed by atoms with Crippen molar-refractivity contribution in [3.8, 4) is 46.1 Å². The molecule has 8 aromatic rings. The van der Waals surface area contributed by atoms with Crippen molar-refractivity contribution < 1.29 is 0 Å². The molecule has 16 rings (SSSR count). The van der Waals surface area contributed by atoms with Gasteiger partial charge in [0.25, 0.3) is 22.2 Å². The molecule has 24 nitrogen and oxygen atoms in total. The van der Waals surface area contributed by atoms with E-state index in [1.54, 1.807) is 0 Å². The number of fused-ring (bicyclic) bond motifs is 8. The van der Waals surface area contributed by atoms with Gasteiger partial charge < -0.3 is 18.3 Å². The quantitative estimate of drug-likeness (QED) is 0.0486. The highest BCUT2D eigenvalue weighted by molar-refractivity contribution is 5.84. The van der Waals surface area contributed by atoms with E-state index in [9.17, 15) is 38.4 Å². The number of benzene rings is 8. The highest BCUT2D eigenvalue weighted by Crippen LogP contribution is 2.31. The Hall–Kier alpha value is -13.1. The van der Waals surface area contributed by atoms with E-state index in [0.29, 0.717) is 67.2 Å². The number of hydrogen-bond donors (Lipinski definition) is 4. The minimum atomic E-state index is -0.644. The van der Waals surface area contributed by atoms with E-state index in [1.807, 2.05) is 54.7 Å². The molecule has 0 atom stereocenters. The van der Waals surface area contributed by atoms with Gasteiger partial charge in [0, 0.05) is 26.2 Å². The van der Waals surface area contributed by atoms with Crippen molar-refractivity contribution in [1.82, 2.24) is 78.1 Å². The van der Waals surface area contributed by atoms with E-state index in [-0.39, 0.29) is 22.8 Å². The van der Waals surface area contributed by atoms with Crippen LogP contribution in [0.2, 0.25) is 0 Å². The lowest BCUT2D eigenvalue weighted by atomic mass is 9.97. The fourth-order valence-corrected chi connectivity index (χ4v) is 15.1. The van der Waals surface area contributed by atoms with Crippen LogP contribution in [-0.2, 0) is 64.7 Å². The number of aryl methyl sites for hydroxylation is 15. The zero-order chi connectivity index (χ0) is 83.8. The van der Waals surface area contributed by atoms with E-state index in [1.165, 1.54) is 61.2 Å². The number of aromatic amines is 4. The second-order valence-corrected chi connectivity index (χ2v) is 31.9. The molecule has 0 saturated heterocycles. The number of H-pyrrole nitrogens is 4. The molecule has 24 heteroatoms. The van der Waals surface area contributed by atoms with E-state index in [0.717, 1.165) is 125 Å². The zero-order valence-electron chi connectivity index (χ0n) is 69.3. The van der Waals surface area contributed by atoms with Gasteiger partial charge in [0.15, 0.2) is 46.1 Å². The van der Waals surface area contributed by atoms with Crippen LogP contribution in [0.4, 0.5) is 0 Å². The second-order valence-electron chi connectivity index (χ2n) is 31.9. The van der Waals surface area contributed by atoms with Gasteiger partial charge in [-0.3, -0.25) is 39.1 Å². The molecular weight excluding hydrogens is 1480 g/mol. The van der Waals surface area contributed by atoms with Gasteiger partial charge in [-0.2, -0.15) is 19.9 Å². The van der Waals surface area contributed by atoms with Gasteiger partial charge in [0.05, 0.1) is 44.1 Å².